The fourth-order valence-corrected chi connectivity index (χ4v) is 3.18. The Balaban J connectivity index is 1.57. The molecule has 1 amide bonds. The Kier molecular flexibility index (Phi) is 4.19. The van der Waals surface area contributed by atoms with E-state index in [0.717, 1.165) is 22.3 Å². The van der Waals surface area contributed by atoms with E-state index in [0.29, 0.717) is 18.1 Å². The first-order valence-electron chi connectivity index (χ1n) is 7.95. The summed E-state index contributed by atoms with van der Waals surface area (Å²) in [6, 6.07) is 17.4. The Morgan fingerprint density at radius 3 is 2.72 bits per heavy atom. The highest BCUT2D eigenvalue weighted by Crippen LogP contribution is 2.28. The Hall–Kier alpha value is -2.73. The lowest BCUT2D eigenvalue weighted by molar-refractivity contribution is 0.0984. The van der Waals surface area contributed by atoms with Crippen molar-refractivity contribution in [3.05, 3.63) is 76.7 Å². The number of para-hydroxylation sites is 1. The van der Waals surface area contributed by atoms with Gasteiger partial charge in [-0.3, -0.25) is 4.79 Å². The second-order valence-corrected chi connectivity index (χ2v) is 6.67. The Morgan fingerprint density at radius 2 is 1.88 bits per heavy atom. The van der Waals surface area contributed by atoms with E-state index in [4.69, 9.17) is 0 Å². The van der Waals surface area contributed by atoms with Crippen LogP contribution < -0.4 is 10.2 Å². The zero-order valence-electron chi connectivity index (χ0n) is 13.3. The molecule has 0 fully saturated rings. The first-order valence-corrected chi connectivity index (χ1v) is 8.74. The van der Waals surface area contributed by atoms with Gasteiger partial charge in [0.2, 0.25) is 0 Å². The van der Waals surface area contributed by atoms with Crippen LogP contribution in [0.3, 0.4) is 0 Å². The molecular formula is C19H15BrN4O. The summed E-state index contributed by atoms with van der Waals surface area (Å²) in [6.07, 6.45) is 2.29. The lowest BCUT2D eigenvalue weighted by Crippen LogP contribution is -2.29. The van der Waals surface area contributed by atoms with Gasteiger partial charge in [-0.15, -0.1) is 0 Å². The third-order valence-corrected chi connectivity index (χ3v) is 4.66. The minimum Gasteiger partial charge on any atom is -0.340 e. The lowest BCUT2D eigenvalue weighted by atomic mass is 10.2. The summed E-state index contributed by atoms with van der Waals surface area (Å²) in [5.74, 6) is 0.486. The molecular weight excluding hydrogens is 380 g/mol. The minimum absolute atomic E-state index is 0.105. The molecule has 3 aromatic rings. The van der Waals surface area contributed by atoms with E-state index in [-0.39, 0.29) is 5.91 Å². The van der Waals surface area contributed by atoms with E-state index in [1.165, 1.54) is 11.9 Å². The molecule has 0 bridgehead atoms. The Bertz CT molecular complexity index is 927. The number of carbonyl (C=O) groups is 1. The zero-order valence-corrected chi connectivity index (χ0v) is 14.9. The second kappa shape index (κ2) is 6.64. The molecule has 5 nitrogen and oxygen atoms in total. The van der Waals surface area contributed by atoms with Gasteiger partial charge in [-0.1, -0.05) is 34.1 Å². The van der Waals surface area contributed by atoms with Crippen LogP contribution in [0.25, 0.3) is 0 Å². The maximum Gasteiger partial charge on any atom is 0.277 e. The second-order valence-electron chi connectivity index (χ2n) is 5.76. The Morgan fingerprint density at radius 1 is 1.08 bits per heavy atom. The maximum absolute atomic E-state index is 12.9. The van der Waals surface area contributed by atoms with Gasteiger partial charge in [0.1, 0.15) is 17.8 Å². The van der Waals surface area contributed by atoms with Gasteiger partial charge in [-0.2, -0.15) is 0 Å². The number of benzene rings is 2. The summed E-state index contributed by atoms with van der Waals surface area (Å²) < 4.78 is 1.00. The third-order valence-electron chi connectivity index (χ3n) is 4.14. The van der Waals surface area contributed by atoms with Gasteiger partial charge in [0.15, 0.2) is 0 Å². The molecule has 0 saturated carbocycles. The third kappa shape index (κ3) is 3.25. The van der Waals surface area contributed by atoms with Crippen LogP contribution in [-0.2, 0) is 6.42 Å². The molecule has 0 spiro atoms. The van der Waals surface area contributed by atoms with Gasteiger partial charge in [0.05, 0.1) is 0 Å². The van der Waals surface area contributed by atoms with Gasteiger partial charge in [-0.25, -0.2) is 9.97 Å². The number of halogens is 1. The number of carbonyl (C=O) groups excluding carboxylic acids is 1. The van der Waals surface area contributed by atoms with Crippen LogP contribution in [0.15, 0.2) is 65.4 Å². The van der Waals surface area contributed by atoms with Gasteiger partial charge >= 0.3 is 0 Å². The predicted octanol–water partition coefficient (Wildman–Crippen LogP) is 4.19. The average Bonchev–Trinajstić information content (AvgIpc) is 3.07. The van der Waals surface area contributed by atoms with Crippen LogP contribution >= 0.6 is 15.9 Å². The van der Waals surface area contributed by atoms with Crippen LogP contribution in [0, 0.1) is 0 Å². The van der Waals surface area contributed by atoms with Crippen molar-refractivity contribution in [2.75, 3.05) is 16.8 Å². The monoisotopic (exact) mass is 394 g/mol. The fourth-order valence-electron chi connectivity index (χ4n) is 2.91. The van der Waals surface area contributed by atoms with Crippen molar-refractivity contribution in [3.63, 3.8) is 0 Å². The van der Waals surface area contributed by atoms with Gasteiger partial charge in [-0.05, 0) is 42.3 Å². The highest BCUT2D eigenvalue weighted by Gasteiger charge is 2.26. The van der Waals surface area contributed by atoms with Crippen molar-refractivity contribution < 1.29 is 4.79 Å². The van der Waals surface area contributed by atoms with E-state index >= 15 is 0 Å². The first-order chi connectivity index (χ1) is 12.2. The number of aromatic nitrogens is 2. The van der Waals surface area contributed by atoms with Gasteiger partial charge in [0.25, 0.3) is 5.91 Å². The largest absolute Gasteiger partial charge is 0.340 e. The molecule has 2 aromatic carbocycles. The number of hydrogen-bond acceptors (Lipinski definition) is 4. The number of nitrogens with zero attached hydrogens (tertiary/aromatic N) is 3. The fraction of sp³-hybridized carbons (Fsp3) is 0.105. The summed E-state index contributed by atoms with van der Waals surface area (Å²) in [4.78, 5) is 23.0. The number of fused-ring (bicyclic) bond motifs is 1. The summed E-state index contributed by atoms with van der Waals surface area (Å²) in [7, 11) is 0. The zero-order chi connectivity index (χ0) is 17.2. The molecule has 124 valence electrons. The SMILES string of the molecule is O=C(c1cc(Nc2ccc(Br)cc2)ncn1)N1CCc2ccccc21. The minimum atomic E-state index is -0.105. The molecule has 0 unspecified atom stereocenters. The molecule has 6 heteroatoms. The van der Waals surface area contributed by atoms with Crippen molar-refractivity contribution in [2.24, 2.45) is 0 Å². The normalized spacial score (nSPS) is 12.8. The molecule has 0 aliphatic carbocycles. The van der Waals surface area contributed by atoms with Crippen molar-refractivity contribution in [1.29, 1.82) is 0 Å². The maximum atomic E-state index is 12.9. The summed E-state index contributed by atoms with van der Waals surface area (Å²) >= 11 is 3.41. The number of amides is 1. The number of hydrogen-bond donors (Lipinski definition) is 1. The Labute approximate surface area is 153 Å². The van der Waals surface area contributed by atoms with Crippen LogP contribution in [0.2, 0.25) is 0 Å². The summed E-state index contributed by atoms with van der Waals surface area (Å²) in [5, 5.41) is 3.19. The molecule has 2 heterocycles. The van der Waals surface area contributed by atoms with E-state index in [9.17, 15) is 4.79 Å². The predicted molar refractivity (Wildman–Crippen MR) is 101 cm³/mol. The van der Waals surface area contributed by atoms with Crippen LogP contribution in [0.1, 0.15) is 16.1 Å². The van der Waals surface area contributed by atoms with E-state index in [1.54, 1.807) is 11.0 Å². The number of anilines is 3. The van der Waals surface area contributed by atoms with Crippen LogP contribution in [0.5, 0.6) is 0 Å². The van der Waals surface area contributed by atoms with Crippen molar-refractivity contribution >= 4 is 39.0 Å². The molecule has 1 N–H and O–H groups in total. The molecule has 0 atom stereocenters. The smallest absolute Gasteiger partial charge is 0.277 e. The molecule has 1 aliphatic heterocycles. The van der Waals surface area contributed by atoms with E-state index < -0.39 is 0 Å². The average molecular weight is 395 g/mol. The number of nitrogens with one attached hydrogen (secondary N) is 1. The van der Waals surface area contributed by atoms with Crippen molar-refractivity contribution in [3.8, 4) is 0 Å². The van der Waals surface area contributed by atoms with Crippen LogP contribution in [0.4, 0.5) is 17.2 Å². The quantitative estimate of drug-likeness (QED) is 0.723. The lowest BCUT2D eigenvalue weighted by Gasteiger charge is -2.17. The van der Waals surface area contributed by atoms with Crippen molar-refractivity contribution in [1.82, 2.24) is 9.97 Å². The molecule has 1 aliphatic rings. The molecule has 0 saturated heterocycles. The van der Waals surface area contributed by atoms with Gasteiger partial charge < -0.3 is 10.2 Å². The summed E-state index contributed by atoms with van der Waals surface area (Å²) in [5.41, 5.74) is 3.43. The summed E-state index contributed by atoms with van der Waals surface area (Å²) in [6.45, 7) is 0.678. The molecule has 25 heavy (non-hydrogen) atoms. The standard InChI is InChI=1S/C19H15BrN4O/c20-14-5-7-15(8-6-14)23-18-11-16(21-12-22-18)19(25)24-10-9-13-3-1-2-4-17(13)24/h1-8,11-12H,9-10H2,(H,21,22,23). The highest BCUT2D eigenvalue weighted by atomic mass is 79.9. The van der Waals surface area contributed by atoms with Gasteiger partial charge in [0, 0.05) is 28.5 Å². The van der Waals surface area contributed by atoms with Crippen LogP contribution in [-0.4, -0.2) is 22.4 Å². The molecule has 1 aromatic heterocycles. The molecule has 4 rings (SSSR count). The topological polar surface area (TPSA) is 58.1 Å². The van der Waals surface area contributed by atoms with E-state index in [1.807, 2.05) is 42.5 Å². The number of rotatable bonds is 3. The first kappa shape index (κ1) is 15.8. The van der Waals surface area contributed by atoms with Crippen molar-refractivity contribution in [2.45, 2.75) is 6.42 Å². The van der Waals surface area contributed by atoms with E-state index in [2.05, 4.69) is 37.3 Å². The molecule has 0 radical (unpaired) electrons. The highest BCUT2D eigenvalue weighted by molar-refractivity contribution is 9.10.